The van der Waals surface area contributed by atoms with Crippen LogP contribution in [0.1, 0.15) is 219 Å². The third-order valence-corrected chi connectivity index (χ3v) is 11.4. The van der Waals surface area contributed by atoms with Gasteiger partial charge in [0.1, 0.15) is 19.8 Å². The second kappa shape index (κ2) is 39.2. The number of esters is 2. The van der Waals surface area contributed by atoms with Gasteiger partial charge in [0.25, 0.3) is 0 Å². The van der Waals surface area contributed by atoms with Crippen molar-refractivity contribution in [1.29, 1.82) is 0 Å². The Morgan fingerprint density at radius 1 is 0.571 bits per heavy atom. The summed E-state index contributed by atoms with van der Waals surface area (Å²) in [6, 6.07) is 0. The Bertz CT molecular complexity index is 956. The summed E-state index contributed by atoms with van der Waals surface area (Å²) in [6.45, 7) is 5.98. The van der Waals surface area contributed by atoms with Crippen molar-refractivity contribution in [2.75, 3.05) is 47.5 Å². The van der Waals surface area contributed by atoms with Crippen LogP contribution in [0.25, 0.3) is 0 Å². The van der Waals surface area contributed by atoms with Crippen LogP contribution in [0.2, 0.25) is 0 Å². The second-order valence-electron chi connectivity index (χ2n) is 17.2. The van der Waals surface area contributed by atoms with Crippen LogP contribution in [0.4, 0.5) is 0 Å². The molecule has 2 atom stereocenters. The monoisotopic (exact) mass is 817 g/mol. The molecule has 9 nitrogen and oxygen atoms in total. The van der Waals surface area contributed by atoms with Gasteiger partial charge in [-0.2, -0.15) is 0 Å². The highest BCUT2D eigenvalue weighted by Crippen LogP contribution is 2.43. The lowest BCUT2D eigenvalue weighted by molar-refractivity contribution is -0.870. The molecule has 0 amide bonds. The van der Waals surface area contributed by atoms with E-state index in [4.69, 9.17) is 18.5 Å². The SMILES string of the molecule is C=CCCCCCCCCCCCCCCCC(=O)O[C@H](COC(=O)CCCCCCCCCCCCCCCCCCC)COP(=O)(O)OCC[N+](C)(C)C. The topological polar surface area (TPSA) is 108 Å². The predicted octanol–water partition coefficient (Wildman–Crippen LogP) is 13.4. The van der Waals surface area contributed by atoms with Crippen LogP contribution in [-0.4, -0.2) is 74.9 Å². The highest BCUT2D eigenvalue weighted by Gasteiger charge is 2.27. The van der Waals surface area contributed by atoms with E-state index in [-0.39, 0.29) is 25.6 Å². The van der Waals surface area contributed by atoms with Crippen LogP contribution in [0.5, 0.6) is 0 Å². The van der Waals surface area contributed by atoms with Gasteiger partial charge in [0, 0.05) is 12.8 Å². The molecule has 0 aromatic carbocycles. The van der Waals surface area contributed by atoms with E-state index in [1.54, 1.807) is 0 Å². The summed E-state index contributed by atoms with van der Waals surface area (Å²) in [5.41, 5.74) is 0. The molecule has 0 bridgehead atoms. The molecular formula is C46H91NO8P+. The first-order chi connectivity index (χ1) is 27.0. The number of hydrogen-bond donors (Lipinski definition) is 1. The van der Waals surface area contributed by atoms with Crippen LogP contribution in [0, 0.1) is 0 Å². The quantitative estimate of drug-likeness (QED) is 0.0213. The summed E-state index contributed by atoms with van der Waals surface area (Å²) >= 11 is 0. The fourth-order valence-electron chi connectivity index (χ4n) is 6.76. The maximum Gasteiger partial charge on any atom is 0.472 e. The zero-order chi connectivity index (χ0) is 41.4. The average molecular weight is 817 g/mol. The average Bonchev–Trinajstić information content (AvgIpc) is 3.15. The molecular weight excluding hydrogens is 725 g/mol. The Labute approximate surface area is 346 Å². The van der Waals surface area contributed by atoms with Gasteiger partial charge in [-0.1, -0.05) is 186 Å². The molecule has 0 saturated heterocycles. The molecule has 332 valence electrons. The Balaban J connectivity index is 4.26. The third kappa shape index (κ3) is 42.4. The molecule has 0 aliphatic rings. The Morgan fingerprint density at radius 2 is 0.946 bits per heavy atom. The molecule has 0 aliphatic carbocycles. The Morgan fingerprint density at radius 3 is 1.34 bits per heavy atom. The molecule has 1 unspecified atom stereocenters. The first-order valence-electron chi connectivity index (χ1n) is 23.4. The number of quaternary nitrogens is 1. The normalized spacial score (nSPS) is 13.4. The number of allylic oxidation sites excluding steroid dienone is 1. The predicted molar refractivity (Wildman–Crippen MR) is 234 cm³/mol. The number of ether oxygens (including phenoxy) is 2. The number of rotatable bonds is 44. The first-order valence-corrected chi connectivity index (χ1v) is 24.9. The summed E-state index contributed by atoms with van der Waals surface area (Å²) in [5, 5.41) is 0. The van der Waals surface area contributed by atoms with E-state index < -0.39 is 26.5 Å². The minimum Gasteiger partial charge on any atom is -0.462 e. The van der Waals surface area contributed by atoms with Crippen molar-refractivity contribution in [3.63, 3.8) is 0 Å². The van der Waals surface area contributed by atoms with Crippen molar-refractivity contribution in [1.82, 2.24) is 0 Å². The van der Waals surface area contributed by atoms with Gasteiger partial charge in [0.05, 0.1) is 27.7 Å². The Hall–Kier alpha value is -1.25. The Kier molecular flexibility index (Phi) is 38.3. The molecule has 0 spiro atoms. The molecule has 0 rings (SSSR count). The fraction of sp³-hybridized carbons (Fsp3) is 0.913. The van der Waals surface area contributed by atoms with E-state index >= 15 is 0 Å². The molecule has 10 heteroatoms. The molecule has 56 heavy (non-hydrogen) atoms. The van der Waals surface area contributed by atoms with E-state index in [1.165, 1.54) is 154 Å². The lowest BCUT2D eigenvalue weighted by Crippen LogP contribution is -2.37. The number of carbonyl (C=O) groups excluding carboxylic acids is 2. The van der Waals surface area contributed by atoms with Crippen molar-refractivity contribution in [2.45, 2.75) is 225 Å². The zero-order valence-electron chi connectivity index (χ0n) is 37.2. The summed E-state index contributed by atoms with van der Waals surface area (Å²) in [5.74, 6) is -0.788. The number of likely N-dealkylation sites (N-methyl/N-ethyl adjacent to an activating group) is 1. The van der Waals surface area contributed by atoms with E-state index in [0.29, 0.717) is 23.9 Å². The van der Waals surface area contributed by atoms with Crippen molar-refractivity contribution >= 4 is 19.8 Å². The highest BCUT2D eigenvalue weighted by molar-refractivity contribution is 7.47. The standard InChI is InChI=1S/C46H90NO8P/c1-6-8-10-12-14-16-18-20-22-23-25-26-28-30-32-34-36-38-45(48)52-42-44(43-54-56(50,51)53-41-40-47(3,4)5)55-46(49)39-37-35-33-31-29-27-24-21-19-17-15-13-11-9-7-2/h7,44H,2,6,8-43H2,1,3-5H3/p+1/t44-/m1/s1. The first kappa shape index (κ1) is 54.8. The minimum atomic E-state index is -4.37. The van der Waals surface area contributed by atoms with Gasteiger partial charge in [-0.05, 0) is 25.7 Å². The summed E-state index contributed by atoms with van der Waals surface area (Å²) in [6.07, 6.45) is 40.0. The highest BCUT2D eigenvalue weighted by atomic mass is 31.2. The van der Waals surface area contributed by atoms with E-state index in [1.807, 2.05) is 27.2 Å². The fourth-order valence-corrected chi connectivity index (χ4v) is 7.50. The molecule has 0 saturated carbocycles. The lowest BCUT2D eigenvalue weighted by atomic mass is 10.0. The van der Waals surface area contributed by atoms with Gasteiger partial charge in [-0.15, -0.1) is 6.58 Å². The number of unbranched alkanes of at least 4 members (excludes halogenated alkanes) is 29. The molecule has 1 N–H and O–H groups in total. The smallest absolute Gasteiger partial charge is 0.462 e. The van der Waals surface area contributed by atoms with Crippen molar-refractivity contribution in [3.8, 4) is 0 Å². The van der Waals surface area contributed by atoms with Gasteiger partial charge in [0.15, 0.2) is 6.10 Å². The number of phosphoric ester groups is 1. The van der Waals surface area contributed by atoms with Gasteiger partial charge in [-0.3, -0.25) is 18.6 Å². The van der Waals surface area contributed by atoms with Gasteiger partial charge >= 0.3 is 19.8 Å². The maximum absolute atomic E-state index is 12.7. The number of phosphoric acid groups is 1. The molecule has 0 aromatic rings. The van der Waals surface area contributed by atoms with Crippen molar-refractivity contribution < 1.29 is 42.1 Å². The molecule has 0 fully saturated rings. The van der Waals surface area contributed by atoms with E-state index in [9.17, 15) is 19.0 Å². The van der Waals surface area contributed by atoms with Gasteiger partial charge < -0.3 is 18.9 Å². The summed E-state index contributed by atoms with van der Waals surface area (Å²) < 4.78 is 34.4. The molecule has 0 aromatic heterocycles. The zero-order valence-corrected chi connectivity index (χ0v) is 38.1. The second-order valence-corrected chi connectivity index (χ2v) is 18.7. The number of hydrogen-bond acceptors (Lipinski definition) is 7. The largest absolute Gasteiger partial charge is 0.472 e. The lowest BCUT2D eigenvalue weighted by Gasteiger charge is -2.24. The van der Waals surface area contributed by atoms with Crippen LogP contribution in [-0.2, 0) is 32.7 Å². The van der Waals surface area contributed by atoms with Crippen LogP contribution in [0.3, 0.4) is 0 Å². The van der Waals surface area contributed by atoms with Crippen LogP contribution in [0.15, 0.2) is 12.7 Å². The number of nitrogens with zero attached hydrogens (tertiary/aromatic N) is 1. The van der Waals surface area contributed by atoms with Gasteiger partial charge in [-0.25, -0.2) is 4.57 Å². The summed E-state index contributed by atoms with van der Waals surface area (Å²) in [4.78, 5) is 35.4. The third-order valence-electron chi connectivity index (χ3n) is 10.4. The summed E-state index contributed by atoms with van der Waals surface area (Å²) in [7, 11) is 1.49. The van der Waals surface area contributed by atoms with Crippen molar-refractivity contribution in [2.24, 2.45) is 0 Å². The van der Waals surface area contributed by atoms with E-state index in [0.717, 1.165) is 38.5 Å². The van der Waals surface area contributed by atoms with Crippen LogP contribution >= 0.6 is 7.82 Å². The molecule has 0 aliphatic heterocycles. The molecule has 0 heterocycles. The minimum absolute atomic E-state index is 0.0345. The van der Waals surface area contributed by atoms with E-state index in [2.05, 4.69) is 13.5 Å². The maximum atomic E-state index is 12.7. The molecule has 0 radical (unpaired) electrons. The van der Waals surface area contributed by atoms with Gasteiger partial charge in [0.2, 0.25) is 0 Å². The van der Waals surface area contributed by atoms with Crippen LogP contribution < -0.4 is 0 Å². The number of carbonyl (C=O) groups is 2. The van der Waals surface area contributed by atoms with Crippen molar-refractivity contribution in [3.05, 3.63) is 12.7 Å².